The highest BCUT2D eigenvalue weighted by atomic mass is 35.5. The lowest BCUT2D eigenvalue weighted by Gasteiger charge is -2.18. The number of rotatable bonds is 5. The Morgan fingerprint density at radius 1 is 0.900 bits per heavy atom. The number of hydrogen-bond acceptors (Lipinski definition) is 5. The lowest BCUT2D eigenvalue weighted by atomic mass is 9.96. The number of furan rings is 1. The number of anilines is 1. The van der Waals surface area contributed by atoms with E-state index in [9.17, 15) is 9.18 Å². The van der Waals surface area contributed by atoms with Crippen LogP contribution in [0.2, 0.25) is 5.02 Å². The second kappa shape index (κ2) is 9.81. The number of halogens is 3. The summed E-state index contributed by atoms with van der Waals surface area (Å²) in [4.78, 5) is 19.4. The predicted octanol–water partition coefficient (Wildman–Crippen LogP) is 7.93. The SMILES string of the molecule is CNC(=O)c1c(-c2ccc(F)cc2)oc2cc(N(C)C)c(-c3cc(F)cc(-c4nc5cccc(Cl)c5o4)c3)cc12. The fourth-order valence-electron chi connectivity index (χ4n) is 4.80. The summed E-state index contributed by atoms with van der Waals surface area (Å²) in [6.45, 7) is 0. The second-order valence-corrected chi connectivity index (χ2v) is 9.90. The lowest BCUT2D eigenvalue weighted by molar-refractivity contribution is 0.0964. The Kier molecular flexibility index (Phi) is 6.27. The van der Waals surface area contributed by atoms with E-state index in [0.717, 1.165) is 5.69 Å². The molecule has 9 heteroatoms. The van der Waals surface area contributed by atoms with E-state index < -0.39 is 11.6 Å². The number of nitrogens with zero attached hydrogens (tertiary/aromatic N) is 2. The largest absolute Gasteiger partial charge is 0.455 e. The summed E-state index contributed by atoms with van der Waals surface area (Å²) in [7, 11) is 5.24. The van der Waals surface area contributed by atoms with Gasteiger partial charge in [0.15, 0.2) is 5.58 Å². The monoisotopic (exact) mass is 557 g/mol. The Hall–Kier alpha value is -4.69. The first-order valence-corrected chi connectivity index (χ1v) is 12.7. The van der Waals surface area contributed by atoms with Crippen molar-refractivity contribution < 1.29 is 22.4 Å². The molecule has 40 heavy (non-hydrogen) atoms. The van der Waals surface area contributed by atoms with Gasteiger partial charge in [-0.25, -0.2) is 13.8 Å². The molecule has 0 fully saturated rings. The summed E-state index contributed by atoms with van der Waals surface area (Å²) in [5.41, 5.74) is 4.63. The van der Waals surface area contributed by atoms with Crippen LogP contribution in [0, 0.1) is 11.6 Å². The van der Waals surface area contributed by atoms with E-state index in [2.05, 4.69) is 10.3 Å². The first kappa shape index (κ1) is 25.6. The minimum Gasteiger partial charge on any atom is -0.455 e. The minimum atomic E-state index is -0.489. The third-order valence-corrected chi connectivity index (χ3v) is 6.97. The molecule has 0 atom stereocenters. The molecule has 0 spiro atoms. The molecule has 6 nitrogen and oxygen atoms in total. The number of hydrogen-bond donors (Lipinski definition) is 1. The number of oxazole rings is 1. The van der Waals surface area contributed by atoms with E-state index in [1.54, 1.807) is 48.5 Å². The van der Waals surface area contributed by atoms with Crippen LogP contribution in [0.4, 0.5) is 14.5 Å². The van der Waals surface area contributed by atoms with Gasteiger partial charge in [-0.05, 0) is 66.2 Å². The Morgan fingerprint density at radius 2 is 1.65 bits per heavy atom. The highest BCUT2D eigenvalue weighted by molar-refractivity contribution is 6.34. The second-order valence-electron chi connectivity index (χ2n) is 9.49. The van der Waals surface area contributed by atoms with E-state index in [1.165, 1.54) is 31.3 Å². The zero-order chi connectivity index (χ0) is 28.1. The highest BCUT2D eigenvalue weighted by Gasteiger charge is 2.24. The van der Waals surface area contributed by atoms with Gasteiger partial charge in [-0.2, -0.15) is 0 Å². The molecule has 1 amide bonds. The van der Waals surface area contributed by atoms with Crippen LogP contribution in [-0.4, -0.2) is 32.0 Å². The molecule has 6 rings (SSSR count). The molecule has 0 unspecified atom stereocenters. The smallest absolute Gasteiger partial charge is 0.255 e. The van der Waals surface area contributed by atoms with Crippen LogP contribution in [0.3, 0.4) is 0 Å². The maximum Gasteiger partial charge on any atom is 0.255 e. The Morgan fingerprint density at radius 3 is 2.35 bits per heavy atom. The minimum absolute atomic E-state index is 0.226. The van der Waals surface area contributed by atoms with E-state index >= 15 is 4.39 Å². The molecule has 0 saturated heterocycles. The lowest BCUT2D eigenvalue weighted by Crippen LogP contribution is -2.18. The van der Waals surface area contributed by atoms with Crippen LogP contribution in [0.5, 0.6) is 0 Å². The topological polar surface area (TPSA) is 71.5 Å². The van der Waals surface area contributed by atoms with Crippen LogP contribution < -0.4 is 10.2 Å². The van der Waals surface area contributed by atoms with Crippen molar-refractivity contribution in [2.75, 3.05) is 26.0 Å². The zero-order valence-corrected chi connectivity index (χ0v) is 22.4. The molecule has 200 valence electrons. The summed E-state index contributed by atoms with van der Waals surface area (Å²) in [6, 6.07) is 19.1. The highest BCUT2D eigenvalue weighted by Crippen LogP contribution is 2.42. The van der Waals surface area contributed by atoms with Gasteiger partial charge in [0.05, 0.1) is 10.6 Å². The Bertz CT molecular complexity index is 1930. The Balaban J connectivity index is 1.58. The van der Waals surface area contributed by atoms with Crippen molar-refractivity contribution in [2.24, 2.45) is 0 Å². The van der Waals surface area contributed by atoms with Crippen molar-refractivity contribution >= 4 is 45.3 Å². The van der Waals surface area contributed by atoms with E-state index in [0.29, 0.717) is 60.7 Å². The Labute approximate surface area is 232 Å². The molecule has 0 radical (unpaired) electrons. The van der Waals surface area contributed by atoms with E-state index in [1.807, 2.05) is 19.0 Å². The van der Waals surface area contributed by atoms with Crippen molar-refractivity contribution in [1.82, 2.24) is 10.3 Å². The van der Waals surface area contributed by atoms with Crippen LogP contribution in [0.25, 0.3) is 56.0 Å². The van der Waals surface area contributed by atoms with E-state index in [-0.39, 0.29) is 11.8 Å². The van der Waals surface area contributed by atoms with Crippen molar-refractivity contribution in [2.45, 2.75) is 0 Å². The van der Waals surface area contributed by atoms with Gasteiger partial charge in [-0.15, -0.1) is 0 Å². The molecular formula is C31H22ClF2N3O3. The number of nitrogens with one attached hydrogen (secondary N) is 1. The zero-order valence-electron chi connectivity index (χ0n) is 21.7. The number of carbonyl (C=O) groups excluding carboxylic acids is 1. The molecule has 2 heterocycles. The molecular weight excluding hydrogens is 536 g/mol. The third-order valence-electron chi connectivity index (χ3n) is 6.67. The van der Waals surface area contributed by atoms with Gasteiger partial charge in [0.1, 0.15) is 28.5 Å². The number of fused-ring (bicyclic) bond motifs is 2. The molecule has 6 aromatic rings. The van der Waals surface area contributed by atoms with Crippen LogP contribution in [0.1, 0.15) is 10.4 Å². The van der Waals surface area contributed by atoms with Gasteiger partial charge in [0.2, 0.25) is 5.89 Å². The van der Waals surface area contributed by atoms with Gasteiger partial charge in [-0.3, -0.25) is 4.79 Å². The quantitative estimate of drug-likeness (QED) is 0.233. The summed E-state index contributed by atoms with van der Waals surface area (Å²) >= 11 is 6.26. The average molecular weight is 558 g/mol. The van der Waals surface area contributed by atoms with Gasteiger partial charge < -0.3 is 19.1 Å². The number of para-hydroxylation sites is 1. The van der Waals surface area contributed by atoms with E-state index in [4.69, 9.17) is 20.4 Å². The predicted molar refractivity (Wildman–Crippen MR) is 153 cm³/mol. The van der Waals surface area contributed by atoms with Crippen LogP contribution in [-0.2, 0) is 0 Å². The summed E-state index contributed by atoms with van der Waals surface area (Å²) in [5.74, 6) is -0.730. The molecule has 0 aliphatic heterocycles. The summed E-state index contributed by atoms with van der Waals surface area (Å²) < 4.78 is 40.8. The fraction of sp³-hybridized carbons (Fsp3) is 0.0968. The molecule has 0 bridgehead atoms. The normalized spacial score (nSPS) is 11.3. The standard InChI is InChI=1S/C31H22ClF2N3O3/c1-35-30(38)27-22-14-21(25(37(2)3)15-26(22)39-28(27)16-7-9-19(33)10-8-16)17-11-18(13-20(34)12-17)31-36-24-6-4-5-23(32)29(24)40-31/h4-15H,1-3H3,(H,35,38). The van der Waals surface area contributed by atoms with Gasteiger partial charge in [-0.1, -0.05) is 17.7 Å². The summed E-state index contributed by atoms with van der Waals surface area (Å²) in [5, 5.41) is 3.60. The number of amides is 1. The maximum atomic E-state index is 15.1. The third kappa shape index (κ3) is 4.36. The van der Waals surface area contributed by atoms with Crippen molar-refractivity contribution in [3.63, 3.8) is 0 Å². The molecule has 1 N–H and O–H groups in total. The first-order valence-electron chi connectivity index (χ1n) is 12.4. The molecule has 2 aromatic heterocycles. The average Bonchev–Trinajstić information content (AvgIpc) is 3.54. The molecule has 0 aliphatic rings. The number of aromatic nitrogens is 1. The van der Waals surface area contributed by atoms with Gasteiger partial charge >= 0.3 is 0 Å². The van der Waals surface area contributed by atoms with Crippen LogP contribution >= 0.6 is 11.6 Å². The molecule has 0 aliphatic carbocycles. The van der Waals surface area contributed by atoms with Gasteiger partial charge in [0, 0.05) is 55.0 Å². The molecule has 0 saturated carbocycles. The van der Waals surface area contributed by atoms with Crippen molar-refractivity contribution in [1.29, 1.82) is 0 Å². The first-order chi connectivity index (χ1) is 19.2. The van der Waals surface area contributed by atoms with Crippen molar-refractivity contribution in [3.8, 4) is 33.9 Å². The van der Waals surface area contributed by atoms with Crippen LogP contribution in [0.15, 0.2) is 81.6 Å². The number of benzene rings is 4. The number of carbonyl (C=O) groups is 1. The maximum absolute atomic E-state index is 15.1. The summed E-state index contributed by atoms with van der Waals surface area (Å²) in [6.07, 6.45) is 0. The van der Waals surface area contributed by atoms with Gasteiger partial charge in [0.25, 0.3) is 5.91 Å². The fourth-order valence-corrected chi connectivity index (χ4v) is 5.00. The van der Waals surface area contributed by atoms with Crippen molar-refractivity contribution in [3.05, 3.63) is 95.0 Å². The molecule has 4 aromatic carbocycles.